The maximum absolute atomic E-state index is 11.5. The predicted octanol–water partition coefficient (Wildman–Crippen LogP) is 1.88. The molecule has 0 aliphatic carbocycles. The molecule has 2 rings (SSSR count). The standard InChI is InChI=1S/C10H13N3O4S/c1-2-10(8(14)15)4-3-5-12(10)9-11-6-7(18-9)13(16)17/h6H,2-5H2,1H3,(H,14,15). The Bertz CT molecular complexity index is 489. The maximum atomic E-state index is 11.5. The third kappa shape index (κ3) is 1.82. The van der Waals surface area contributed by atoms with Gasteiger partial charge in [0.25, 0.3) is 0 Å². The van der Waals surface area contributed by atoms with Gasteiger partial charge >= 0.3 is 11.0 Å². The summed E-state index contributed by atoms with van der Waals surface area (Å²) in [6.07, 6.45) is 2.94. The number of carbonyl (C=O) groups is 1. The molecule has 1 fully saturated rings. The largest absolute Gasteiger partial charge is 0.479 e. The maximum Gasteiger partial charge on any atom is 0.345 e. The average Bonchev–Trinajstić information content (AvgIpc) is 2.95. The van der Waals surface area contributed by atoms with E-state index in [1.165, 1.54) is 6.20 Å². The van der Waals surface area contributed by atoms with Crippen molar-refractivity contribution in [3.05, 3.63) is 16.3 Å². The van der Waals surface area contributed by atoms with Gasteiger partial charge in [-0.25, -0.2) is 9.78 Å². The molecule has 18 heavy (non-hydrogen) atoms. The van der Waals surface area contributed by atoms with Gasteiger partial charge in [-0.3, -0.25) is 10.1 Å². The summed E-state index contributed by atoms with van der Waals surface area (Å²) in [6.45, 7) is 2.39. The van der Waals surface area contributed by atoms with E-state index < -0.39 is 16.4 Å². The Kier molecular flexibility index (Phi) is 3.20. The lowest BCUT2D eigenvalue weighted by Gasteiger charge is -2.33. The number of aliphatic carboxylic acids is 1. The molecule has 1 N–H and O–H groups in total. The van der Waals surface area contributed by atoms with Gasteiger partial charge in [0, 0.05) is 6.54 Å². The molecule has 2 heterocycles. The Morgan fingerprint density at radius 2 is 2.50 bits per heavy atom. The summed E-state index contributed by atoms with van der Waals surface area (Å²) in [5, 5.41) is 20.4. The second-order valence-electron chi connectivity index (χ2n) is 4.18. The molecule has 7 nitrogen and oxygen atoms in total. The van der Waals surface area contributed by atoms with Gasteiger partial charge in [0.15, 0.2) is 5.13 Å². The Balaban J connectivity index is 2.36. The molecule has 98 valence electrons. The van der Waals surface area contributed by atoms with Crippen LogP contribution in [0.1, 0.15) is 26.2 Å². The molecule has 1 atom stereocenters. The normalized spacial score (nSPS) is 23.3. The molecule has 1 aliphatic heterocycles. The van der Waals surface area contributed by atoms with Crippen molar-refractivity contribution < 1.29 is 14.8 Å². The van der Waals surface area contributed by atoms with Crippen LogP contribution >= 0.6 is 11.3 Å². The molecule has 0 radical (unpaired) electrons. The molecule has 0 saturated carbocycles. The summed E-state index contributed by atoms with van der Waals surface area (Å²) in [4.78, 5) is 27.3. The van der Waals surface area contributed by atoms with E-state index >= 15 is 0 Å². The number of anilines is 1. The Morgan fingerprint density at radius 3 is 3.00 bits per heavy atom. The minimum Gasteiger partial charge on any atom is -0.479 e. The lowest BCUT2D eigenvalue weighted by atomic mass is 9.93. The quantitative estimate of drug-likeness (QED) is 0.663. The molecule has 1 aromatic heterocycles. The molecule has 0 aromatic carbocycles. The molecule has 1 saturated heterocycles. The van der Waals surface area contributed by atoms with Gasteiger partial charge < -0.3 is 10.0 Å². The van der Waals surface area contributed by atoms with E-state index in [0.717, 1.165) is 17.8 Å². The van der Waals surface area contributed by atoms with Gasteiger partial charge in [0.2, 0.25) is 0 Å². The van der Waals surface area contributed by atoms with Crippen LogP contribution in [-0.4, -0.2) is 33.1 Å². The molecule has 0 bridgehead atoms. The second-order valence-corrected chi connectivity index (χ2v) is 5.17. The monoisotopic (exact) mass is 271 g/mol. The van der Waals surface area contributed by atoms with Crippen LogP contribution in [0.5, 0.6) is 0 Å². The van der Waals surface area contributed by atoms with Gasteiger partial charge in [-0.2, -0.15) is 0 Å². The first-order valence-electron chi connectivity index (χ1n) is 5.62. The highest BCUT2D eigenvalue weighted by atomic mass is 32.1. The van der Waals surface area contributed by atoms with Gasteiger partial charge in [0.05, 0.1) is 4.92 Å². The van der Waals surface area contributed by atoms with E-state index in [1.807, 2.05) is 6.92 Å². The van der Waals surface area contributed by atoms with Crippen LogP contribution in [0.3, 0.4) is 0 Å². The first-order chi connectivity index (χ1) is 8.51. The fourth-order valence-corrected chi connectivity index (χ4v) is 3.21. The SMILES string of the molecule is CCC1(C(=O)O)CCCN1c1ncc([N+](=O)[O-])s1. The lowest BCUT2D eigenvalue weighted by molar-refractivity contribution is -0.380. The minimum absolute atomic E-state index is 0.0627. The van der Waals surface area contributed by atoms with E-state index in [0.29, 0.717) is 24.5 Å². The summed E-state index contributed by atoms with van der Waals surface area (Å²) in [5.74, 6) is -0.889. The van der Waals surface area contributed by atoms with Crippen molar-refractivity contribution in [2.75, 3.05) is 11.4 Å². The number of hydrogen-bond acceptors (Lipinski definition) is 6. The van der Waals surface area contributed by atoms with Crippen molar-refractivity contribution in [3.8, 4) is 0 Å². The lowest BCUT2D eigenvalue weighted by Crippen LogP contribution is -2.50. The van der Waals surface area contributed by atoms with Crippen molar-refractivity contribution in [1.29, 1.82) is 0 Å². The highest BCUT2D eigenvalue weighted by molar-refractivity contribution is 7.18. The Morgan fingerprint density at radius 1 is 1.78 bits per heavy atom. The fraction of sp³-hybridized carbons (Fsp3) is 0.600. The third-order valence-corrected chi connectivity index (χ3v) is 4.34. The molecule has 0 spiro atoms. The van der Waals surface area contributed by atoms with Gasteiger partial charge in [-0.15, -0.1) is 0 Å². The Hall–Kier alpha value is -1.70. The van der Waals surface area contributed by atoms with E-state index in [-0.39, 0.29) is 5.00 Å². The smallest absolute Gasteiger partial charge is 0.345 e. The number of nitro groups is 1. The fourth-order valence-electron chi connectivity index (χ4n) is 2.36. The first-order valence-corrected chi connectivity index (χ1v) is 6.44. The van der Waals surface area contributed by atoms with Crippen molar-refractivity contribution in [2.24, 2.45) is 0 Å². The molecule has 1 aliphatic rings. The van der Waals surface area contributed by atoms with Gasteiger partial charge in [0.1, 0.15) is 11.7 Å². The van der Waals surface area contributed by atoms with E-state index in [1.54, 1.807) is 4.90 Å². The summed E-state index contributed by atoms with van der Waals surface area (Å²) in [6, 6.07) is 0. The number of carboxylic acids is 1. The topological polar surface area (TPSA) is 96.6 Å². The molecule has 8 heteroatoms. The summed E-state index contributed by atoms with van der Waals surface area (Å²) in [5.41, 5.74) is -0.967. The highest BCUT2D eigenvalue weighted by Crippen LogP contribution is 2.40. The second kappa shape index (κ2) is 4.52. The number of nitrogens with zero attached hydrogens (tertiary/aromatic N) is 3. The third-order valence-electron chi connectivity index (χ3n) is 3.36. The highest BCUT2D eigenvalue weighted by Gasteiger charge is 2.47. The van der Waals surface area contributed by atoms with Crippen molar-refractivity contribution in [2.45, 2.75) is 31.7 Å². The molecular formula is C10H13N3O4S. The van der Waals surface area contributed by atoms with Crippen LogP contribution in [0, 0.1) is 10.1 Å². The average molecular weight is 271 g/mol. The van der Waals surface area contributed by atoms with Crippen LogP contribution in [0.25, 0.3) is 0 Å². The van der Waals surface area contributed by atoms with E-state index in [9.17, 15) is 20.0 Å². The van der Waals surface area contributed by atoms with Crippen molar-refractivity contribution in [1.82, 2.24) is 4.98 Å². The van der Waals surface area contributed by atoms with Crippen molar-refractivity contribution >= 4 is 27.4 Å². The van der Waals surface area contributed by atoms with Crippen LogP contribution in [-0.2, 0) is 4.79 Å². The van der Waals surface area contributed by atoms with Crippen LogP contribution in [0.15, 0.2) is 6.20 Å². The van der Waals surface area contributed by atoms with E-state index in [4.69, 9.17) is 0 Å². The van der Waals surface area contributed by atoms with Gasteiger partial charge in [-0.05, 0) is 30.6 Å². The molecule has 1 unspecified atom stereocenters. The number of rotatable bonds is 4. The molecule has 1 aromatic rings. The van der Waals surface area contributed by atoms with E-state index in [2.05, 4.69) is 4.98 Å². The minimum atomic E-state index is -0.967. The summed E-state index contributed by atoms with van der Waals surface area (Å²) < 4.78 is 0. The number of hydrogen-bond donors (Lipinski definition) is 1. The van der Waals surface area contributed by atoms with Crippen LogP contribution < -0.4 is 4.90 Å². The zero-order chi connectivity index (χ0) is 13.3. The number of aromatic nitrogens is 1. The summed E-state index contributed by atoms with van der Waals surface area (Å²) in [7, 11) is 0. The number of thiazole rings is 1. The number of carboxylic acid groups (broad SMARTS) is 1. The van der Waals surface area contributed by atoms with Crippen molar-refractivity contribution in [3.63, 3.8) is 0 Å². The Labute approximate surface area is 107 Å². The van der Waals surface area contributed by atoms with Gasteiger partial charge in [-0.1, -0.05) is 6.92 Å². The molecule has 0 amide bonds. The zero-order valence-electron chi connectivity index (χ0n) is 9.83. The predicted molar refractivity (Wildman–Crippen MR) is 66.0 cm³/mol. The van der Waals surface area contributed by atoms with Crippen LogP contribution in [0.4, 0.5) is 10.1 Å². The zero-order valence-corrected chi connectivity index (χ0v) is 10.6. The molecular weight excluding hydrogens is 258 g/mol. The first kappa shape index (κ1) is 12.7. The van der Waals surface area contributed by atoms with Crippen LogP contribution in [0.2, 0.25) is 0 Å². The summed E-state index contributed by atoms with van der Waals surface area (Å²) >= 11 is 0.926.